The van der Waals surface area contributed by atoms with Gasteiger partial charge in [0.05, 0.1) is 20.8 Å². The van der Waals surface area contributed by atoms with Gasteiger partial charge >= 0.3 is 36.1 Å². The van der Waals surface area contributed by atoms with E-state index in [2.05, 4.69) is 20.1 Å². The van der Waals surface area contributed by atoms with E-state index < -0.39 is 65.5 Å². The highest BCUT2D eigenvalue weighted by Crippen LogP contribution is 2.31. The summed E-state index contributed by atoms with van der Waals surface area (Å²) in [6.45, 7) is 16.7. The number of ether oxygens (including phenoxy) is 5. The lowest BCUT2D eigenvalue weighted by Crippen LogP contribution is -2.54. The van der Waals surface area contributed by atoms with Crippen LogP contribution in [0.25, 0.3) is 0 Å². The molecule has 19 heteroatoms. The third kappa shape index (κ3) is 18.4. The van der Waals surface area contributed by atoms with Gasteiger partial charge in [-0.3, -0.25) is 19.2 Å². The zero-order valence-electron chi connectivity index (χ0n) is 38.4. The molecule has 0 aliphatic carbocycles. The Morgan fingerprint density at radius 3 is 1.55 bits per heavy atom. The Morgan fingerprint density at radius 2 is 1.15 bits per heavy atom. The third-order valence-electron chi connectivity index (χ3n) is 9.59. The standard InChI is InChI=1S/C15H22N2O5.C13H18N2O5.C13H25NO4.C2H6/c1-3-22-14(19)12-9-8-10-6-4-5-7-11(13(18)17(10)12)16-15(20)21-2;1-20-13(19)14-9-5-3-2-4-8-6-7-10(12(17)18)15(8)11(9)16;1-12(2,3)17-10(15)8-7-9(14)11(16)18-13(4,5)6;1-2/h4-5,10-12H,3,6-9H2,1-2H3,(H,16,20);2-3,8-10H,4-7H2,1H3,(H,14,19)(H,17,18);9H,7-8,14H2,1-6H3;1-2H3/b5-4-;3-2-;;/t10-,11-,12-;8-,9-,10-;9-;/m000./s1. The summed E-state index contributed by atoms with van der Waals surface area (Å²) in [7, 11) is 2.47. The third-order valence-corrected chi connectivity index (χ3v) is 9.59. The molecule has 4 amide bonds. The van der Waals surface area contributed by atoms with Crippen molar-refractivity contribution in [1.82, 2.24) is 20.4 Å². The van der Waals surface area contributed by atoms with E-state index in [-0.39, 0.29) is 55.3 Å². The largest absolute Gasteiger partial charge is 0.480 e. The molecule has 0 radical (unpaired) electrons. The summed E-state index contributed by atoms with van der Waals surface area (Å²) < 4.78 is 24.4. The van der Waals surface area contributed by atoms with Gasteiger partial charge in [-0.25, -0.2) is 19.2 Å². The van der Waals surface area contributed by atoms with E-state index >= 15 is 0 Å². The zero-order chi connectivity index (χ0) is 47.4. The molecular weight excluding hydrogens is 810 g/mol. The maximum absolute atomic E-state index is 12.8. The number of amides is 4. The Hall–Kier alpha value is -5.20. The lowest BCUT2D eigenvalue weighted by molar-refractivity contribution is -0.158. The van der Waals surface area contributed by atoms with Gasteiger partial charge in [0.2, 0.25) is 11.8 Å². The van der Waals surface area contributed by atoms with Crippen molar-refractivity contribution in [1.29, 1.82) is 0 Å². The summed E-state index contributed by atoms with van der Waals surface area (Å²) in [5, 5.41) is 14.2. The van der Waals surface area contributed by atoms with Crippen molar-refractivity contribution in [3.8, 4) is 0 Å². The Kier molecular flexibility index (Phi) is 23.3. The summed E-state index contributed by atoms with van der Waals surface area (Å²) in [5.41, 5.74) is 4.56. The predicted molar refractivity (Wildman–Crippen MR) is 227 cm³/mol. The number of carbonyl (C=O) groups excluding carboxylic acids is 7. The molecule has 0 bridgehead atoms. The maximum Gasteiger partial charge on any atom is 0.407 e. The minimum Gasteiger partial charge on any atom is -0.480 e. The van der Waals surface area contributed by atoms with Crippen LogP contribution in [0.5, 0.6) is 0 Å². The van der Waals surface area contributed by atoms with E-state index in [0.717, 1.165) is 6.42 Å². The van der Waals surface area contributed by atoms with Crippen molar-refractivity contribution in [2.75, 3.05) is 20.8 Å². The molecule has 0 aromatic rings. The number of carboxylic acids is 1. The fourth-order valence-electron chi connectivity index (χ4n) is 6.95. The van der Waals surface area contributed by atoms with E-state index in [0.29, 0.717) is 44.9 Å². The number of nitrogens with two attached hydrogens (primary N) is 1. The molecule has 19 nitrogen and oxygen atoms in total. The van der Waals surface area contributed by atoms with Gasteiger partial charge in [0.15, 0.2) is 0 Å². The second kappa shape index (κ2) is 26.3. The Labute approximate surface area is 365 Å². The predicted octanol–water partition coefficient (Wildman–Crippen LogP) is 4.29. The van der Waals surface area contributed by atoms with Gasteiger partial charge in [-0.2, -0.15) is 0 Å². The lowest BCUT2D eigenvalue weighted by atomic mass is 10.0. The Bertz CT molecular complexity index is 1590. The second-order valence-corrected chi connectivity index (χ2v) is 16.6. The van der Waals surface area contributed by atoms with E-state index in [1.807, 2.05) is 38.2 Å². The smallest absolute Gasteiger partial charge is 0.407 e. The first-order chi connectivity index (χ1) is 29.0. The number of hydrogen-bond acceptors (Lipinski definition) is 14. The minimum absolute atomic E-state index is 0.0274. The zero-order valence-corrected chi connectivity index (χ0v) is 38.4. The first-order valence-corrected chi connectivity index (χ1v) is 21.3. The summed E-state index contributed by atoms with van der Waals surface area (Å²) in [4.78, 5) is 97.3. The van der Waals surface area contributed by atoms with Gasteiger partial charge in [-0.15, -0.1) is 0 Å². The van der Waals surface area contributed by atoms with Crippen molar-refractivity contribution >= 4 is 47.9 Å². The van der Waals surface area contributed by atoms with Crippen molar-refractivity contribution < 1.29 is 67.1 Å². The van der Waals surface area contributed by atoms with Crippen molar-refractivity contribution in [3.63, 3.8) is 0 Å². The van der Waals surface area contributed by atoms with Crippen molar-refractivity contribution in [3.05, 3.63) is 24.3 Å². The molecule has 0 aromatic carbocycles. The van der Waals surface area contributed by atoms with Gasteiger partial charge < -0.3 is 55.0 Å². The number of alkyl carbamates (subject to hydrolysis) is 2. The molecule has 7 atom stereocenters. The molecule has 0 saturated carbocycles. The molecule has 4 heterocycles. The molecule has 0 unspecified atom stereocenters. The van der Waals surface area contributed by atoms with E-state index in [4.69, 9.17) is 19.9 Å². The molecule has 0 spiro atoms. The fourth-order valence-corrected chi connectivity index (χ4v) is 6.95. The molecule has 0 aromatic heterocycles. The van der Waals surface area contributed by atoms with Crippen LogP contribution in [0.1, 0.15) is 127 Å². The monoisotopic (exact) mass is 881 g/mol. The van der Waals surface area contributed by atoms with Crippen LogP contribution >= 0.6 is 0 Å². The number of nitrogens with zero attached hydrogens (tertiary/aromatic N) is 2. The van der Waals surface area contributed by atoms with Gasteiger partial charge in [0, 0.05) is 18.5 Å². The van der Waals surface area contributed by atoms with Crippen LogP contribution in [0.4, 0.5) is 9.59 Å². The van der Waals surface area contributed by atoms with Crippen LogP contribution in [0.3, 0.4) is 0 Å². The average Bonchev–Trinajstić information content (AvgIpc) is 3.82. The van der Waals surface area contributed by atoms with E-state index in [1.165, 1.54) is 19.1 Å². The molecule has 4 rings (SSSR count). The normalized spacial score (nSPS) is 24.5. The number of aliphatic carboxylic acids is 1. The molecule has 62 heavy (non-hydrogen) atoms. The number of methoxy groups -OCH3 is 2. The van der Waals surface area contributed by atoms with Gasteiger partial charge in [0.25, 0.3) is 0 Å². The quantitative estimate of drug-likeness (QED) is 0.143. The minimum atomic E-state index is -0.998. The number of nitrogens with one attached hydrogen (secondary N) is 2. The van der Waals surface area contributed by atoms with Crippen LogP contribution in [-0.2, 0) is 52.5 Å². The summed E-state index contributed by atoms with van der Waals surface area (Å²) in [6.07, 6.45) is 11.2. The van der Waals surface area contributed by atoms with Crippen molar-refractivity contribution in [2.24, 2.45) is 5.73 Å². The van der Waals surface area contributed by atoms with Crippen LogP contribution in [0.2, 0.25) is 0 Å². The van der Waals surface area contributed by atoms with Gasteiger partial charge in [-0.05, 0) is 106 Å². The molecule has 352 valence electrons. The summed E-state index contributed by atoms with van der Waals surface area (Å²) in [6, 6.07) is -3.80. The molecule has 4 aliphatic heterocycles. The second-order valence-electron chi connectivity index (χ2n) is 16.6. The van der Waals surface area contributed by atoms with Crippen LogP contribution in [-0.4, -0.2) is 137 Å². The summed E-state index contributed by atoms with van der Waals surface area (Å²) in [5.74, 6) is -2.83. The highest BCUT2D eigenvalue weighted by Gasteiger charge is 2.45. The SMILES string of the molecule is CC.CC(C)(C)OC(=O)CC[C@H](N)C(=O)OC(C)(C)C.CCOC(=O)[C@@H]1CC[C@@H]2C/C=C\C[C@H](NC(=O)OC)C(=O)N21.COC(=O)N[C@H]1C/C=C\C[C@H]2CC[C@@H](C(=O)O)N2C1=O. The average molecular weight is 882 g/mol. The number of rotatable bonds is 9. The molecular formula is C43H71N5O14. The molecule has 2 fully saturated rings. The summed E-state index contributed by atoms with van der Waals surface area (Å²) >= 11 is 0. The van der Waals surface area contributed by atoms with Gasteiger partial charge in [-0.1, -0.05) is 38.2 Å². The Balaban J connectivity index is 0.000000458. The fraction of sp³-hybridized carbons (Fsp3) is 0.721. The van der Waals surface area contributed by atoms with Crippen LogP contribution < -0.4 is 16.4 Å². The highest BCUT2D eigenvalue weighted by molar-refractivity contribution is 5.91. The lowest BCUT2D eigenvalue weighted by Gasteiger charge is -2.33. The molecule has 5 N–H and O–H groups in total. The van der Waals surface area contributed by atoms with Gasteiger partial charge in [0.1, 0.15) is 41.4 Å². The molecule has 4 aliphatic rings. The number of carbonyl (C=O) groups is 8. The first-order valence-electron chi connectivity index (χ1n) is 21.3. The van der Waals surface area contributed by atoms with E-state index in [9.17, 15) is 43.5 Å². The number of fused-ring (bicyclic) bond motifs is 2. The van der Waals surface area contributed by atoms with Crippen LogP contribution in [0.15, 0.2) is 24.3 Å². The highest BCUT2D eigenvalue weighted by atomic mass is 16.6. The first kappa shape index (κ1) is 54.8. The van der Waals surface area contributed by atoms with Crippen LogP contribution in [0, 0.1) is 0 Å². The molecule has 2 saturated heterocycles. The topological polar surface area (TPSA) is 260 Å². The van der Waals surface area contributed by atoms with E-state index in [1.54, 1.807) is 53.4 Å². The number of hydrogen-bond donors (Lipinski definition) is 4. The van der Waals surface area contributed by atoms with Crippen molar-refractivity contribution in [2.45, 2.75) is 180 Å². The maximum atomic E-state index is 12.8. The number of esters is 3. The Morgan fingerprint density at radius 1 is 0.726 bits per heavy atom. The number of carboxylic acid groups (broad SMARTS) is 1.